The molecule has 0 aliphatic rings. The molecule has 0 aliphatic heterocycles. The molecule has 2 heteroatoms. The van der Waals surface area contributed by atoms with Gasteiger partial charge in [0.05, 0.1) is 7.11 Å². The zero-order chi connectivity index (χ0) is 13.5. The molecular weight excluding hydrogens is 222 g/mol. The molecule has 0 aliphatic carbocycles. The van der Waals surface area contributed by atoms with Gasteiger partial charge in [-0.15, -0.1) is 0 Å². The van der Waals surface area contributed by atoms with Crippen LogP contribution in [0.1, 0.15) is 36.5 Å². The van der Waals surface area contributed by atoms with E-state index in [0.717, 1.165) is 24.6 Å². The van der Waals surface area contributed by atoms with Crippen molar-refractivity contribution in [3.8, 4) is 5.75 Å². The fraction of sp³-hybridized carbons (Fsp3) is 0.625. The lowest BCUT2D eigenvalue weighted by Gasteiger charge is -2.14. The van der Waals surface area contributed by atoms with E-state index in [4.69, 9.17) is 4.74 Å². The normalized spacial score (nSPS) is 12.5. The van der Waals surface area contributed by atoms with Crippen molar-refractivity contribution in [2.75, 3.05) is 20.7 Å². The molecule has 0 saturated heterocycles. The van der Waals surface area contributed by atoms with E-state index in [1.165, 1.54) is 29.5 Å². The summed E-state index contributed by atoms with van der Waals surface area (Å²) in [5.41, 5.74) is 3.92. The Hall–Kier alpha value is -1.02. The van der Waals surface area contributed by atoms with E-state index in [1.54, 1.807) is 7.11 Å². The largest absolute Gasteiger partial charge is 0.496 e. The van der Waals surface area contributed by atoms with E-state index in [9.17, 15) is 0 Å². The van der Waals surface area contributed by atoms with Crippen LogP contribution in [-0.2, 0) is 6.42 Å². The highest BCUT2D eigenvalue weighted by Gasteiger charge is 2.07. The molecule has 0 bridgehead atoms. The third-order valence-electron chi connectivity index (χ3n) is 3.54. The molecular formula is C16H27NO. The molecule has 102 valence electrons. The predicted molar refractivity (Wildman–Crippen MR) is 78.5 cm³/mol. The van der Waals surface area contributed by atoms with E-state index in [2.05, 4.69) is 38.2 Å². The Bertz CT molecular complexity index is 350. The van der Waals surface area contributed by atoms with Gasteiger partial charge in [-0.3, -0.25) is 0 Å². The van der Waals surface area contributed by atoms with Gasteiger partial charge in [0, 0.05) is 0 Å². The minimum atomic E-state index is 0.778. The molecule has 0 fully saturated rings. The Balaban J connectivity index is 2.58. The number of benzene rings is 1. The number of hydrogen-bond acceptors (Lipinski definition) is 2. The third-order valence-corrected chi connectivity index (χ3v) is 3.54. The molecule has 1 N–H and O–H groups in total. The van der Waals surface area contributed by atoms with Crippen LogP contribution in [0.2, 0.25) is 0 Å². The minimum absolute atomic E-state index is 0.778. The Morgan fingerprint density at radius 2 is 1.78 bits per heavy atom. The van der Waals surface area contributed by atoms with Crippen molar-refractivity contribution >= 4 is 0 Å². The summed E-state index contributed by atoms with van der Waals surface area (Å²) in [6, 6.07) is 4.52. The molecule has 0 spiro atoms. The van der Waals surface area contributed by atoms with E-state index in [1.807, 2.05) is 7.05 Å². The zero-order valence-electron chi connectivity index (χ0n) is 12.5. The van der Waals surface area contributed by atoms with Gasteiger partial charge in [0.25, 0.3) is 0 Å². The number of ether oxygens (including phenoxy) is 1. The van der Waals surface area contributed by atoms with Crippen molar-refractivity contribution in [3.05, 3.63) is 28.8 Å². The summed E-state index contributed by atoms with van der Waals surface area (Å²) in [5.74, 6) is 1.81. The van der Waals surface area contributed by atoms with Crippen LogP contribution in [0.25, 0.3) is 0 Å². The minimum Gasteiger partial charge on any atom is -0.496 e. The average molecular weight is 249 g/mol. The SMILES string of the molecule is CNCCC(C)CCc1cc(C)c(OC)c(C)c1. The Labute approximate surface area is 112 Å². The highest BCUT2D eigenvalue weighted by Crippen LogP contribution is 2.25. The van der Waals surface area contributed by atoms with Crippen LogP contribution in [0.5, 0.6) is 5.75 Å². The first-order valence-corrected chi connectivity index (χ1v) is 6.87. The number of rotatable bonds is 7. The standard InChI is InChI=1S/C16H27NO/c1-12(8-9-17-4)6-7-15-10-13(2)16(18-5)14(3)11-15/h10-12,17H,6-9H2,1-5H3. The maximum absolute atomic E-state index is 5.40. The van der Waals surface area contributed by atoms with Gasteiger partial charge in [0.1, 0.15) is 5.75 Å². The first-order valence-electron chi connectivity index (χ1n) is 6.87. The predicted octanol–water partition coefficient (Wildman–Crippen LogP) is 3.49. The maximum Gasteiger partial charge on any atom is 0.124 e. The number of hydrogen-bond donors (Lipinski definition) is 1. The lowest BCUT2D eigenvalue weighted by Crippen LogP contribution is -2.12. The monoisotopic (exact) mass is 249 g/mol. The van der Waals surface area contributed by atoms with Gasteiger partial charge < -0.3 is 10.1 Å². The van der Waals surface area contributed by atoms with Crippen molar-refractivity contribution in [2.45, 2.75) is 40.0 Å². The molecule has 2 nitrogen and oxygen atoms in total. The smallest absolute Gasteiger partial charge is 0.124 e. The summed E-state index contributed by atoms with van der Waals surface area (Å²) in [6.07, 6.45) is 3.67. The van der Waals surface area contributed by atoms with Crippen LogP contribution < -0.4 is 10.1 Å². The van der Waals surface area contributed by atoms with Gasteiger partial charge in [-0.1, -0.05) is 19.1 Å². The van der Waals surface area contributed by atoms with Crippen molar-refractivity contribution in [1.29, 1.82) is 0 Å². The Morgan fingerprint density at radius 1 is 1.17 bits per heavy atom. The topological polar surface area (TPSA) is 21.3 Å². The summed E-state index contributed by atoms with van der Waals surface area (Å²) >= 11 is 0. The van der Waals surface area contributed by atoms with Crippen LogP contribution in [0.4, 0.5) is 0 Å². The Morgan fingerprint density at radius 3 is 2.28 bits per heavy atom. The fourth-order valence-corrected chi connectivity index (χ4v) is 2.45. The molecule has 1 aromatic rings. The van der Waals surface area contributed by atoms with Crippen molar-refractivity contribution in [3.63, 3.8) is 0 Å². The number of methoxy groups -OCH3 is 1. The Kier molecular flexibility index (Phi) is 6.20. The fourth-order valence-electron chi connectivity index (χ4n) is 2.45. The second-order valence-electron chi connectivity index (χ2n) is 5.30. The molecule has 0 aromatic heterocycles. The summed E-state index contributed by atoms with van der Waals surface area (Å²) in [7, 11) is 3.76. The van der Waals surface area contributed by atoms with E-state index >= 15 is 0 Å². The first-order chi connectivity index (χ1) is 8.58. The molecule has 1 unspecified atom stereocenters. The van der Waals surface area contributed by atoms with Gasteiger partial charge in [0.2, 0.25) is 0 Å². The number of nitrogens with one attached hydrogen (secondary N) is 1. The third kappa shape index (κ3) is 4.34. The zero-order valence-corrected chi connectivity index (χ0v) is 12.5. The van der Waals surface area contributed by atoms with Gasteiger partial charge in [-0.25, -0.2) is 0 Å². The van der Waals surface area contributed by atoms with E-state index in [0.29, 0.717) is 0 Å². The van der Waals surface area contributed by atoms with Crippen molar-refractivity contribution < 1.29 is 4.74 Å². The van der Waals surface area contributed by atoms with Gasteiger partial charge in [0.15, 0.2) is 0 Å². The molecule has 0 heterocycles. The van der Waals surface area contributed by atoms with Gasteiger partial charge in [-0.05, 0) is 69.3 Å². The van der Waals surface area contributed by atoms with Crippen molar-refractivity contribution in [1.82, 2.24) is 5.32 Å². The molecule has 0 amide bonds. The van der Waals surface area contributed by atoms with Gasteiger partial charge in [-0.2, -0.15) is 0 Å². The highest BCUT2D eigenvalue weighted by atomic mass is 16.5. The molecule has 18 heavy (non-hydrogen) atoms. The van der Waals surface area contributed by atoms with Crippen molar-refractivity contribution in [2.24, 2.45) is 5.92 Å². The second kappa shape index (κ2) is 7.42. The van der Waals surface area contributed by atoms with Crippen LogP contribution in [-0.4, -0.2) is 20.7 Å². The molecule has 1 atom stereocenters. The lowest BCUT2D eigenvalue weighted by molar-refractivity contribution is 0.408. The average Bonchev–Trinajstić information content (AvgIpc) is 2.33. The second-order valence-corrected chi connectivity index (χ2v) is 5.30. The van der Waals surface area contributed by atoms with E-state index in [-0.39, 0.29) is 0 Å². The maximum atomic E-state index is 5.40. The highest BCUT2D eigenvalue weighted by molar-refractivity contribution is 5.43. The van der Waals surface area contributed by atoms with E-state index < -0.39 is 0 Å². The molecule has 0 radical (unpaired) electrons. The van der Waals surface area contributed by atoms with Crippen LogP contribution in [0.15, 0.2) is 12.1 Å². The molecule has 0 saturated carbocycles. The summed E-state index contributed by atoms with van der Waals surface area (Å²) < 4.78 is 5.40. The van der Waals surface area contributed by atoms with Crippen LogP contribution >= 0.6 is 0 Å². The molecule has 1 rings (SSSR count). The van der Waals surface area contributed by atoms with Crippen LogP contribution in [0.3, 0.4) is 0 Å². The lowest BCUT2D eigenvalue weighted by atomic mass is 9.96. The van der Waals surface area contributed by atoms with Gasteiger partial charge >= 0.3 is 0 Å². The van der Waals surface area contributed by atoms with Crippen LogP contribution in [0, 0.1) is 19.8 Å². The summed E-state index contributed by atoms with van der Waals surface area (Å²) in [6.45, 7) is 7.70. The quantitative estimate of drug-likeness (QED) is 0.798. The summed E-state index contributed by atoms with van der Waals surface area (Å²) in [4.78, 5) is 0. The number of aryl methyl sites for hydroxylation is 3. The molecule has 1 aromatic carbocycles. The first kappa shape index (κ1) is 15.0. The summed E-state index contributed by atoms with van der Waals surface area (Å²) in [5, 5.41) is 3.21.